The summed E-state index contributed by atoms with van der Waals surface area (Å²) in [5.74, 6) is 0.327. The zero-order valence-corrected chi connectivity index (χ0v) is 9.42. The van der Waals surface area contributed by atoms with E-state index in [9.17, 15) is 0 Å². The first-order valence-corrected chi connectivity index (χ1v) is 4.78. The minimum absolute atomic E-state index is 0.0388. The Morgan fingerprint density at radius 2 is 1.93 bits per heavy atom. The van der Waals surface area contributed by atoms with Crippen molar-refractivity contribution in [3.63, 3.8) is 0 Å². The Bertz CT molecular complexity index is 346. The van der Waals surface area contributed by atoms with Gasteiger partial charge in [0.15, 0.2) is 6.79 Å². The largest absolute Gasteiger partial charge is 0.490 e. The normalized spacial score (nSPS) is 10.2. The number of benzene rings is 1. The first kappa shape index (κ1) is 12.6. The second-order valence-electron chi connectivity index (χ2n) is 2.73. The molecular weight excluding hydrogens is 242 g/mol. The Kier molecular flexibility index (Phi) is 4.69. The van der Waals surface area contributed by atoms with Gasteiger partial charge in [-0.25, -0.2) is 0 Å². The molecule has 0 fully saturated rings. The number of rotatable bonds is 4. The summed E-state index contributed by atoms with van der Waals surface area (Å²) in [5.41, 5.74) is 0.131. The lowest BCUT2D eigenvalue weighted by atomic mass is 9.80. The maximum atomic E-state index is 8.94. The first-order chi connectivity index (χ1) is 7.06. The highest BCUT2D eigenvalue weighted by Gasteiger charge is 2.18. The van der Waals surface area contributed by atoms with E-state index in [0.717, 1.165) is 0 Å². The lowest BCUT2D eigenvalue weighted by Gasteiger charge is -2.10. The second kappa shape index (κ2) is 5.58. The van der Waals surface area contributed by atoms with E-state index in [-0.39, 0.29) is 22.3 Å². The van der Waals surface area contributed by atoms with Crippen molar-refractivity contribution in [2.75, 3.05) is 13.9 Å². The molecule has 0 saturated heterocycles. The Hall–Kier alpha value is -0.455. The summed E-state index contributed by atoms with van der Waals surface area (Å²) in [7, 11) is -0.187. The molecule has 0 aliphatic heterocycles. The van der Waals surface area contributed by atoms with E-state index in [1.54, 1.807) is 0 Å². The lowest BCUT2D eigenvalue weighted by molar-refractivity contribution is 0.0512. The molecule has 7 heteroatoms. The Labute approximate surface area is 97.5 Å². The first-order valence-electron chi connectivity index (χ1n) is 4.03. The topological polar surface area (TPSA) is 58.9 Å². The molecule has 82 valence electrons. The van der Waals surface area contributed by atoms with Gasteiger partial charge in [0.2, 0.25) is 0 Å². The molecule has 0 amide bonds. The SMILES string of the molecule is COCOc1cc(Cl)c(B(O)O)cc1Cl. The standard InChI is InChI=1S/C8H9BCl2O4/c1-14-4-15-8-3-6(10)5(9(12)13)2-7(8)11/h2-3,12-13H,4H2,1H3. The van der Waals surface area contributed by atoms with Crippen molar-refractivity contribution in [3.8, 4) is 5.75 Å². The third-order valence-electron chi connectivity index (χ3n) is 1.66. The van der Waals surface area contributed by atoms with Crippen LogP contribution in [0.5, 0.6) is 5.75 Å². The van der Waals surface area contributed by atoms with Crippen LogP contribution in [0, 0.1) is 0 Å². The van der Waals surface area contributed by atoms with Gasteiger partial charge in [0.25, 0.3) is 0 Å². The molecule has 0 saturated carbocycles. The number of ether oxygens (including phenoxy) is 2. The Morgan fingerprint density at radius 1 is 1.27 bits per heavy atom. The van der Waals surface area contributed by atoms with Gasteiger partial charge in [-0.3, -0.25) is 0 Å². The van der Waals surface area contributed by atoms with Crippen LogP contribution in [-0.2, 0) is 4.74 Å². The van der Waals surface area contributed by atoms with Crippen molar-refractivity contribution in [2.45, 2.75) is 0 Å². The molecule has 1 aromatic carbocycles. The molecule has 0 heterocycles. The Balaban J connectivity index is 2.97. The summed E-state index contributed by atoms with van der Waals surface area (Å²) in [4.78, 5) is 0. The van der Waals surface area contributed by atoms with E-state index >= 15 is 0 Å². The van der Waals surface area contributed by atoms with Crippen LogP contribution in [0.1, 0.15) is 0 Å². The average molecular weight is 251 g/mol. The van der Waals surface area contributed by atoms with Gasteiger partial charge in [-0.05, 0) is 6.07 Å². The van der Waals surface area contributed by atoms with Crippen molar-refractivity contribution >= 4 is 35.8 Å². The van der Waals surface area contributed by atoms with Crippen molar-refractivity contribution in [2.24, 2.45) is 0 Å². The average Bonchev–Trinajstić information content (AvgIpc) is 2.18. The Morgan fingerprint density at radius 3 is 2.47 bits per heavy atom. The van der Waals surface area contributed by atoms with Crippen molar-refractivity contribution in [1.82, 2.24) is 0 Å². The number of hydrogen-bond donors (Lipinski definition) is 2. The van der Waals surface area contributed by atoms with E-state index < -0.39 is 7.12 Å². The van der Waals surface area contributed by atoms with Crippen molar-refractivity contribution < 1.29 is 19.5 Å². The fraction of sp³-hybridized carbons (Fsp3) is 0.250. The van der Waals surface area contributed by atoms with Crippen LogP contribution in [0.4, 0.5) is 0 Å². The van der Waals surface area contributed by atoms with Crippen LogP contribution in [0.15, 0.2) is 12.1 Å². The van der Waals surface area contributed by atoms with Crippen LogP contribution in [-0.4, -0.2) is 31.1 Å². The number of halogens is 2. The van der Waals surface area contributed by atoms with Gasteiger partial charge in [-0.15, -0.1) is 0 Å². The highest BCUT2D eigenvalue weighted by Crippen LogP contribution is 2.26. The van der Waals surface area contributed by atoms with Crippen LogP contribution in [0.3, 0.4) is 0 Å². The molecule has 1 rings (SSSR count). The molecule has 0 aliphatic carbocycles. The fourth-order valence-electron chi connectivity index (χ4n) is 0.975. The van der Waals surface area contributed by atoms with Gasteiger partial charge in [-0.1, -0.05) is 23.2 Å². The zero-order chi connectivity index (χ0) is 11.4. The molecule has 2 N–H and O–H groups in total. The lowest BCUT2D eigenvalue weighted by Crippen LogP contribution is -2.30. The molecule has 0 spiro atoms. The predicted octanol–water partition coefficient (Wildman–Crippen LogP) is 0.656. The molecule has 4 nitrogen and oxygen atoms in total. The van der Waals surface area contributed by atoms with E-state index in [1.807, 2.05) is 0 Å². The summed E-state index contributed by atoms with van der Waals surface area (Å²) >= 11 is 11.6. The van der Waals surface area contributed by atoms with Crippen LogP contribution < -0.4 is 10.2 Å². The van der Waals surface area contributed by atoms with Gasteiger partial charge in [0.05, 0.1) is 5.02 Å². The number of methoxy groups -OCH3 is 1. The molecule has 0 unspecified atom stereocenters. The van der Waals surface area contributed by atoms with Gasteiger partial charge in [0.1, 0.15) is 5.75 Å². The summed E-state index contributed by atoms with van der Waals surface area (Å²) in [6, 6.07) is 2.73. The molecule has 0 atom stereocenters. The minimum Gasteiger partial charge on any atom is -0.466 e. The van der Waals surface area contributed by atoms with Crippen LogP contribution >= 0.6 is 23.2 Å². The van der Waals surface area contributed by atoms with Crippen molar-refractivity contribution in [3.05, 3.63) is 22.2 Å². The highest BCUT2D eigenvalue weighted by molar-refractivity contribution is 6.63. The van der Waals surface area contributed by atoms with Gasteiger partial charge in [-0.2, -0.15) is 0 Å². The predicted molar refractivity (Wildman–Crippen MR) is 58.8 cm³/mol. The van der Waals surface area contributed by atoms with E-state index in [0.29, 0.717) is 5.75 Å². The molecular formula is C8H9BCl2O4. The summed E-state index contributed by atoms with van der Waals surface area (Å²) in [6.45, 7) is 0.0388. The highest BCUT2D eigenvalue weighted by atomic mass is 35.5. The number of hydrogen-bond acceptors (Lipinski definition) is 4. The minimum atomic E-state index is -1.66. The van der Waals surface area contributed by atoms with Crippen molar-refractivity contribution in [1.29, 1.82) is 0 Å². The van der Waals surface area contributed by atoms with Gasteiger partial charge in [0, 0.05) is 23.7 Å². The quantitative estimate of drug-likeness (QED) is 0.609. The maximum absolute atomic E-state index is 8.94. The summed E-state index contributed by atoms with van der Waals surface area (Å²) in [5, 5.41) is 18.3. The molecule has 1 aromatic rings. The smallest absolute Gasteiger partial charge is 0.466 e. The molecule has 0 aromatic heterocycles. The van der Waals surface area contributed by atoms with Gasteiger partial charge >= 0.3 is 7.12 Å². The molecule has 15 heavy (non-hydrogen) atoms. The third kappa shape index (κ3) is 3.26. The fourth-order valence-corrected chi connectivity index (χ4v) is 1.45. The van der Waals surface area contributed by atoms with Crippen LogP contribution in [0.2, 0.25) is 10.0 Å². The summed E-state index contributed by atoms with van der Waals surface area (Å²) in [6.07, 6.45) is 0. The van der Waals surface area contributed by atoms with Gasteiger partial charge < -0.3 is 19.5 Å². The summed E-state index contributed by atoms with van der Waals surface area (Å²) < 4.78 is 9.80. The molecule has 0 radical (unpaired) electrons. The second-order valence-corrected chi connectivity index (χ2v) is 3.54. The van der Waals surface area contributed by atoms with E-state index in [1.165, 1.54) is 19.2 Å². The van der Waals surface area contributed by atoms with Crippen LogP contribution in [0.25, 0.3) is 0 Å². The van der Waals surface area contributed by atoms with E-state index in [2.05, 4.69) is 0 Å². The molecule has 0 aliphatic rings. The monoisotopic (exact) mass is 250 g/mol. The van der Waals surface area contributed by atoms with E-state index in [4.69, 9.17) is 42.7 Å². The molecule has 0 bridgehead atoms. The maximum Gasteiger partial charge on any atom is 0.490 e. The third-order valence-corrected chi connectivity index (χ3v) is 2.28. The zero-order valence-electron chi connectivity index (χ0n) is 7.91.